The third-order valence-electron chi connectivity index (χ3n) is 3.02. The second-order valence-electron chi connectivity index (χ2n) is 4.82. The lowest BCUT2D eigenvalue weighted by Gasteiger charge is -2.15. The molecule has 1 aliphatic rings. The van der Waals surface area contributed by atoms with Crippen molar-refractivity contribution >= 4 is 17.5 Å². The molecule has 1 aromatic carbocycles. The lowest BCUT2D eigenvalue weighted by Crippen LogP contribution is -2.34. The van der Waals surface area contributed by atoms with E-state index >= 15 is 0 Å². The monoisotopic (exact) mass is 257 g/mol. The number of nitrogens with zero attached hydrogens (tertiary/aromatic N) is 2. The summed E-state index contributed by atoms with van der Waals surface area (Å²) in [5, 5.41) is 11.5. The van der Waals surface area contributed by atoms with Crippen LogP contribution in [0.3, 0.4) is 0 Å². The fourth-order valence-electron chi connectivity index (χ4n) is 2.16. The molecule has 0 aliphatic carbocycles. The van der Waals surface area contributed by atoms with Gasteiger partial charge in [-0.1, -0.05) is 13.0 Å². The summed E-state index contributed by atoms with van der Waals surface area (Å²) in [6.07, 6.45) is 0.511. The first kappa shape index (κ1) is 13.1. The molecule has 1 saturated heterocycles. The highest BCUT2D eigenvalue weighted by atomic mass is 16.2. The van der Waals surface area contributed by atoms with Gasteiger partial charge in [0.15, 0.2) is 0 Å². The summed E-state index contributed by atoms with van der Waals surface area (Å²) in [4.78, 5) is 25.0. The number of amides is 2. The zero-order valence-electron chi connectivity index (χ0n) is 10.7. The molecular weight excluding hydrogens is 242 g/mol. The van der Waals surface area contributed by atoms with Crippen molar-refractivity contribution in [2.75, 3.05) is 18.4 Å². The van der Waals surface area contributed by atoms with Crippen LogP contribution in [-0.4, -0.2) is 29.8 Å². The zero-order valence-corrected chi connectivity index (χ0v) is 10.7. The van der Waals surface area contributed by atoms with Gasteiger partial charge in [-0.3, -0.25) is 9.59 Å². The van der Waals surface area contributed by atoms with Crippen molar-refractivity contribution < 1.29 is 9.59 Å². The topological polar surface area (TPSA) is 73.2 Å². The van der Waals surface area contributed by atoms with E-state index in [1.54, 1.807) is 29.2 Å². The second-order valence-corrected chi connectivity index (χ2v) is 4.82. The van der Waals surface area contributed by atoms with Crippen LogP contribution in [0.4, 0.5) is 5.69 Å². The number of carbonyl (C=O) groups is 2. The molecule has 1 aromatic rings. The van der Waals surface area contributed by atoms with E-state index in [9.17, 15) is 9.59 Å². The summed E-state index contributed by atoms with van der Waals surface area (Å²) in [6, 6.07) is 8.70. The molecule has 1 atom stereocenters. The Morgan fingerprint density at radius 3 is 3.00 bits per heavy atom. The number of hydrogen-bond donors (Lipinski definition) is 1. The smallest absolute Gasteiger partial charge is 0.243 e. The standard InChI is InChI=1S/C14H15N3O2/c1-10-5-14(19)17(8-10)9-13(18)16-12-4-2-3-11(6-12)7-15/h2-4,6,10H,5,8-9H2,1H3,(H,16,18). The number of nitrogens with one attached hydrogen (secondary N) is 1. The second kappa shape index (κ2) is 5.53. The highest BCUT2D eigenvalue weighted by molar-refractivity contribution is 5.95. The van der Waals surface area contributed by atoms with E-state index in [2.05, 4.69) is 5.32 Å². The van der Waals surface area contributed by atoms with Crippen molar-refractivity contribution in [3.8, 4) is 6.07 Å². The van der Waals surface area contributed by atoms with Gasteiger partial charge in [-0.05, 0) is 24.1 Å². The molecule has 0 spiro atoms. The number of rotatable bonds is 3. The Bertz CT molecular complexity index is 548. The van der Waals surface area contributed by atoms with Crippen LogP contribution >= 0.6 is 0 Å². The van der Waals surface area contributed by atoms with Gasteiger partial charge in [-0.25, -0.2) is 0 Å². The van der Waals surface area contributed by atoms with Crippen LogP contribution in [0.25, 0.3) is 0 Å². The molecule has 1 N–H and O–H groups in total. The molecule has 1 unspecified atom stereocenters. The van der Waals surface area contributed by atoms with E-state index in [1.165, 1.54) is 0 Å². The third kappa shape index (κ3) is 3.32. The Kier molecular flexibility index (Phi) is 3.81. The maximum absolute atomic E-state index is 11.8. The molecule has 0 radical (unpaired) electrons. The average Bonchev–Trinajstić information content (AvgIpc) is 2.68. The maximum atomic E-state index is 11.8. The Balaban J connectivity index is 1.94. The summed E-state index contributed by atoms with van der Waals surface area (Å²) >= 11 is 0. The Hall–Kier alpha value is -2.35. The van der Waals surface area contributed by atoms with Gasteiger partial charge in [0.25, 0.3) is 0 Å². The van der Waals surface area contributed by atoms with Crippen molar-refractivity contribution in [3.05, 3.63) is 29.8 Å². The first-order chi connectivity index (χ1) is 9.08. The van der Waals surface area contributed by atoms with Crippen LogP contribution < -0.4 is 5.32 Å². The van der Waals surface area contributed by atoms with Crippen molar-refractivity contribution in [2.45, 2.75) is 13.3 Å². The normalized spacial score (nSPS) is 18.2. The molecule has 2 amide bonds. The highest BCUT2D eigenvalue weighted by Gasteiger charge is 2.27. The largest absolute Gasteiger partial charge is 0.333 e. The lowest BCUT2D eigenvalue weighted by atomic mass is 10.2. The summed E-state index contributed by atoms with van der Waals surface area (Å²) < 4.78 is 0. The molecule has 0 bridgehead atoms. The Morgan fingerprint density at radius 1 is 1.58 bits per heavy atom. The van der Waals surface area contributed by atoms with Gasteiger partial charge < -0.3 is 10.2 Å². The van der Waals surface area contributed by atoms with Crippen LogP contribution in [0, 0.1) is 17.2 Å². The van der Waals surface area contributed by atoms with Gasteiger partial charge in [0.2, 0.25) is 11.8 Å². The van der Waals surface area contributed by atoms with E-state index in [4.69, 9.17) is 5.26 Å². The fourth-order valence-corrected chi connectivity index (χ4v) is 2.16. The van der Waals surface area contributed by atoms with Crippen LogP contribution in [0.2, 0.25) is 0 Å². The van der Waals surface area contributed by atoms with Crippen LogP contribution in [-0.2, 0) is 9.59 Å². The van der Waals surface area contributed by atoms with Crippen molar-refractivity contribution in [2.24, 2.45) is 5.92 Å². The van der Waals surface area contributed by atoms with Crippen LogP contribution in [0.15, 0.2) is 24.3 Å². The first-order valence-electron chi connectivity index (χ1n) is 6.16. The van der Waals surface area contributed by atoms with Crippen molar-refractivity contribution in [1.29, 1.82) is 5.26 Å². The fraction of sp³-hybridized carbons (Fsp3) is 0.357. The van der Waals surface area contributed by atoms with Gasteiger partial charge in [-0.15, -0.1) is 0 Å². The van der Waals surface area contributed by atoms with Crippen molar-refractivity contribution in [1.82, 2.24) is 4.90 Å². The number of hydrogen-bond acceptors (Lipinski definition) is 3. The average molecular weight is 257 g/mol. The van der Waals surface area contributed by atoms with Crippen LogP contribution in [0.1, 0.15) is 18.9 Å². The predicted octanol–water partition coefficient (Wildman–Crippen LogP) is 1.37. The van der Waals surface area contributed by atoms with Gasteiger partial charge >= 0.3 is 0 Å². The molecule has 1 fully saturated rings. The predicted molar refractivity (Wildman–Crippen MR) is 70.1 cm³/mol. The number of nitriles is 1. The lowest BCUT2D eigenvalue weighted by molar-refractivity contribution is -0.131. The van der Waals surface area contributed by atoms with E-state index in [1.807, 2.05) is 13.0 Å². The Labute approximate surface area is 111 Å². The minimum Gasteiger partial charge on any atom is -0.333 e. The third-order valence-corrected chi connectivity index (χ3v) is 3.02. The first-order valence-corrected chi connectivity index (χ1v) is 6.16. The highest BCUT2D eigenvalue weighted by Crippen LogP contribution is 2.16. The van der Waals surface area contributed by atoms with Gasteiger partial charge in [-0.2, -0.15) is 5.26 Å². The van der Waals surface area contributed by atoms with E-state index in [0.717, 1.165) is 0 Å². The number of likely N-dealkylation sites (tertiary alicyclic amines) is 1. The molecule has 2 rings (SSSR count). The Morgan fingerprint density at radius 2 is 2.37 bits per heavy atom. The maximum Gasteiger partial charge on any atom is 0.243 e. The van der Waals surface area contributed by atoms with Gasteiger partial charge in [0.05, 0.1) is 18.2 Å². The molecule has 1 heterocycles. The van der Waals surface area contributed by atoms with E-state index < -0.39 is 0 Å². The van der Waals surface area contributed by atoms with E-state index in [0.29, 0.717) is 30.1 Å². The molecule has 98 valence electrons. The van der Waals surface area contributed by atoms with Gasteiger partial charge in [0.1, 0.15) is 0 Å². The molecule has 0 aromatic heterocycles. The van der Waals surface area contributed by atoms with Gasteiger partial charge in [0, 0.05) is 18.7 Å². The molecule has 5 heteroatoms. The van der Waals surface area contributed by atoms with E-state index in [-0.39, 0.29) is 18.4 Å². The molecule has 5 nitrogen and oxygen atoms in total. The number of benzene rings is 1. The van der Waals surface area contributed by atoms with Crippen molar-refractivity contribution in [3.63, 3.8) is 0 Å². The minimum absolute atomic E-state index is 0.0217. The molecule has 1 aliphatic heterocycles. The zero-order chi connectivity index (χ0) is 13.8. The number of anilines is 1. The SMILES string of the molecule is CC1CC(=O)N(CC(=O)Nc2cccc(C#N)c2)C1. The summed E-state index contributed by atoms with van der Waals surface area (Å²) in [5.74, 6) is 0.0909. The minimum atomic E-state index is -0.238. The summed E-state index contributed by atoms with van der Waals surface area (Å²) in [5.41, 5.74) is 1.06. The molecule has 0 saturated carbocycles. The number of carbonyl (C=O) groups excluding carboxylic acids is 2. The summed E-state index contributed by atoms with van der Waals surface area (Å²) in [7, 11) is 0. The summed E-state index contributed by atoms with van der Waals surface area (Å²) in [6.45, 7) is 2.69. The quantitative estimate of drug-likeness (QED) is 0.888. The van der Waals surface area contributed by atoms with Crippen LogP contribution in [0.5, 0.6) is 0 Å². The molecular formula is C14H15N3O2. The molecule has 19 heavy (non-hydrogen) atoms.